The van der Waals surface area contributed by atoms with Crippen LogP contribution in [0.3, 0.4) is 0 Å². The maximum atomic E-state index is 8.39. The van der Waals surface area contributed by atoms with Crippen molar-refractivity contribution in [3.63, 3.8) is 0 Å². The largest absolute Gasteiger partial charge is 0.454 e. The molecule has 0 aromatic rings. The van der Waals surface area contributed by atoms with Crippen molar-refractivity contribution in [1.82, 2.24) is 0 Å². The van der Waals surface area contributed by atoms with Crippen LogP contribution in [0, 0.1) is 0 Å². The van der Waals surface area contributed by atoms with Gasteiger partial charge in [-0.25, -0.2) is 0 Å². The lowest BCUT2D eigenvalue weighted by Crippen LogP contribution is -2.10. The molecule has 0 saturated heterocycles. The molecule has 0 aromatic heterocycles. The summed E-state index contributed by atoms with van der Waals surface area (Å²) in [7, 11) is 0.417. The lowest BCUT2D eigenvalue weighted by Gasteiger charge is -2.20. The van der Waals surface area contributed by atoms with Crippen LogP contribution in [0.4, 0.5) is 0 Å². The third kappa shape index (κ3) is 0.572. The summed E-state index contributed by atoms with van der Waals surface area (Å²) in [4.78, 5) is 0. The maximum Gasteiger partial charge on any atom is 0.273 e. The van der Waals surface area contributed by atoms with Crippen LogP contribution in [0.2, 0.25) is 5.82 Å². The molecule has 0 aliphatic heterocycles. The standard InChI is InChI=1S/C4H9BO/c6-5-4-2-1-3-4/h4-6H,1-3H2. The second-order valence-corrected chi connectivity index (χ2v) is 1.98. The predicted molar refractivity (Wildman–Crippen MR) is 27.0 cm³/mol. The molecule has 1 rings (SSSR count). The maximum absolute atomic E-state index is 8.39. The molecule has 1 fully saturated rings. The molecule has 1 nitrogen and oxygen atoms in total. The molecule has 6 heavy (non-hydrogen) atoms. The molecule has 1 aliphatic rings. The number of rotatable bonds is 1. The Balaban J connectivity index is 2.01. The lowest BCUT2D eigenvalue weighted by molar-refractivity contribution is 0.453. The summed E-state index contributed by atoms with van der Waals surface area (Å²) in [5.74, 6) is 0.671. The van der Waals surface area contributed by atoms with E-state index in [9.17, 15) is 0 Å². The van der Waals surface area contributed by atoms with Crippen LogP contribution >= 0.6 is 0 Å². The van der Waals surface area contributed by atoms with Gasteiger partial charge in [0.2, 0.25) is 0 Å². The summed E-state index contributed by atoms with van der Waals surface area (Å²) in [6.45, 7) is 0. The molecule has 0 bridgehead atoms. The first-order chi connectivity index (χ1) is 2.93. The van der Waals surface area contributed by atoms with E-state index in [0.717, 1.165) is 0 Å². The topological polar surface area (TPSA) is 20.2 Å². The van der Waals surface area contributed by atoms with E-state index in [4.69, 9.17) is 5.02 Å². The second-order valence-electron chi connectivity index (χ2n) is 1.98. The smallest absolute Gasteiger partial charge is 0.273 e. The first kappa shape index (κ1) is 4.19. The molecule has 2 heteroatoms. The molecular weight excluding hydrogens is 74.9 g/mol. The fourth-order valence-corrected chi connectivity index (χ4v) is 0.675. The first-order valence-corrected chi connectivity index (χ1v) is 2.54. The van der Waals surface area contributed by atoms with Crippen molar-refractivity contribution in [2.24, 2.45) is 0 Å². The molecular formula is C4H9BO. The Bertz CT molecular complexity index is 40.1. The van der Waals surface area contributed by atoms with Crippen LogP contribution in [-0.4, -0.2) is 12.5 Å². The molecule has 0 unspecified atom stereocenters. The summed E-state index contributed by atoms with van der Waals surface area (Å²) in [6, 6.07) is 0. The van der Waals surface area contributed by atoms with Gasteiger partial charge < -0.3 is 5.02 Å². The molecule has 0 aromatic carbocycles. The van der Waals surface area contributed by atoms with Crippen molar-refractivity contribution < 1.29 is 5.02 Å². The quantitative estimate of drug-likeness (QED) is 0.453. The minimum atomic E-state index is 0.417. The van der Waals surface area contributed by atoms with E-state index in [-0.39, 0.29) is 0 Å². The van der Waals surface area contributed by atoms with E-state index in [1.165, 1.54) is 19.3 Å². The van der Waals surface area contributed by atoms with E-state index >= 15 is 0 Å². The van der Waals surface area contributed by atoms with Crippen LogP contribution in [0.25, 0.3) is 0 Å². The summed E-state index contributed by atoms with van der Waals surface area (Å²) < 4.78 is 0. The molecule has 1 N–H and O–H groups in total. The summed E-state index contributed by atoms with van der Waals surface area (Å²) in [6.07, 6.45) is 3.86. The van der Waals surface area contributed by atoms with Crippen LogP contribution in [0.15, 0.2) is 0 Å². The van der Waals surface area contributed by atoms with Crippen molar-refractivity contribution >= 4 is 7.48 Å². The number of hydrogen-bond donors (Lipinski definition) is 1. The average Bonchev–Trinajstić information content (AvgIpc) is 1.31. The fourth-order valence-electron chi connectivity index (χ4n) is 0.675. The summed E-state index contributed by atoms with van der Waals surface area (Å²) in [5.41, 5.74) is 0. The minimum Gasteiger partial charge on any atom is -0.454 e. The van der Waals surface area contributed by atoms with Crippen molar-refractivity contribution in [3.05, 3.63) is 0 Å². The van der Waals surface area contributed by atoms with E-state index in [1.807, 2.05) is 0 Å². The Morgan fingerprint density at radius 1 is 1.50 bits per heavy atom. The lowest BCUT2D eigenvalue weighted by atomic mass is 9.66. The van der Waals surface area contributed by atoms with Gasteiger partial charge in [0.05, 0.1) is 0 Å². The zero-order valence-electron chi connectivity index (χ0n) is 3.85. The molecule has 1 saturated carbocycles. The highest BCUT2D eigenvalue weighted by molar-refractivity contribution is 6.28. The molecule has 0 atom stereocenters. The average molecular weight is 83.9 g/mol. The highest BCUT2D eigenvalue weighted by Gasteiger charge is 2.16. The van der Waals surface area contributed by atoms with E-state index in [0.29, 0.717) is 13.3 Å². The zero-order chi connectivity index (χ0) is 4.41. The fraction of sp³-hybridized carbons (Fsp3) is 1.00. The van der Waals surface area contributed by atoms with Gasteiger partial charge in [-0.1, -0.05) is 19.3 Å². The van der Waals surface area contributed by atoms with Gasteiger partial charge >= 0.3 is 0 Å². The molecule has 0 spiro atoms. The van der Waals surface area contributed by atoms with Gasteiger partial charge in [0.15, 0.2) is 0 Å². The van der Waals surface area contributed by atoms with Gasteiger partial charge in [0.1, 0.15) is 0 Å². The van der Waals surface area contributed by atoms with Gasteiger partial charge in [-0.3, -0.25) is 0 Å². The minimum absolute atomic E-state index is 0.417. The Labute approximate surface area is 38.6 Å². The predicted octanol–water partition coefficient (Wildman–Crippen LogP) is 0.303. The number of hydrogen-bond acceptors (Lipinski definition) is 1. The molecule has 1 aliphatic carbocycles. The SMILES string of the molecule is OBC1CCC1. The van der Waals surface area contributed by atoms with Crippen molar-refractivity contribution in [2.45, 2.75) is 25.1 Å². The van der Waals surface area contributed by atoms with Crippen molar-refractivity contribution in [1.29, 1.82) is 0 Å². The second kappa shape index (κ2) is 1.65. The molecule has 0 amide bonds. The van der Waals surface area contributed by atoms with E-state index in [1.54, 1.807) is 0 Å². The van der Waals surface area contributed by atoms with E-state index in [2.05, 4.69) is 0 Å². The van der Waals surface area contributed by atoms with Crippen LogP contribution in [0.5, 0.6) is 0 Å². The van der Waals surface area contributed by atoms with E-state index < -0.39 is 0 Å². The van der Waals surface area contributed by atoms with Crippen molar-refractivity contribution in [2.75, 3.05) is 0 Å². The monoisotopic (exact) mass is 84.1 g/mol. The first-order valence-electron chi connectivity index (χ1n) is 2.54. The zero-order valence-corrected chi connectivity index (χ0v) is 3.85. The van der Waals surface area contributed by atoms with Gasteiger partial charge in [-0.2, -0.15) is 0 Å². The highest BCUT2D eigenvalue weighted by Crippen LogP contribution is 2.30. The Kier molecular flexibility index (Phi) is 1.15. The Morgan fingerprint density at radius 3 is 2.17 bits per heavy atom. The summed E-state index contributed by atoms with van der Waals surface area (Å²) >= 11 is 0. The van der Waals surface area contributed by atoms with Gasteiger partial charge in [0, 0.05) is 0 Å². The van der Waals surface area contributed by atoms with Crippen molar-refractivity contribution in [3.8, 4) is 0 Å². The third-order valence-corrected chi connectivity index (χ3v) is 1.48. The summed E-state index contributed by atoms with van der Waals surface area (Å²) in [5, 5.41) is 8.39. The Hall–Kier alpha value is 0.0249. The molecule has 0 radical (unpaired) electrons. The highest BCUT2D eigenvalue weighted by atomic mass is 16.2. The van der Waals surface area contributed by atoms with Crippen LogP contribution in [0.1, 0.15) is 19.3 Å². The van der Waals surface area contributed by atoms with Crippen LogP contribution in [-0.2, 0) is 0 Å². The van der Waals surface area contributed by atoms with Crippen LogP contribution < -0.4 is 0 Å². The molecule has 34 valence electrons. The third-order valence-electron chi connectivity index (χ3n) is 1.48. The van der Waals surface area contributed by atoms with Gasteiger partial charge in [-0.05, 0) is 5.82 Å². The van der Waals surface area contributed by atoms with Gasteiger partial charge in [0.25, 0.3) is 7.48 Å². The Morgan fingerprint density at radius 2 is 2.17 bits per heavy atom. The normalized spacial score (nSPS) is 22.8. The molecule has 0 heterocycles. The van der Waals surface area contributed by atoms with Gasteiger partial charge in [-0.15, -0.1) is 0 Å².